The van der Waals surface area contributed by atoms with Crippen molar-refractivity contribution in [3.8, 4) is 0 Å². The number of hydrogen-bond acceptors (Lipinski definition) is 6. The zero-order valence-corrected chi connectivity index (χ0v) is 11.8. The zero-order valence-electron chi connectivity index (χ0n) is 10.2. The van der Waals surface area contributed by atoms with Crippen LogP contribution in [0.2, 0.25) is 0 Å². The quantitative estimate of drug-likeness (QED) is 0.806. The maximum Gasteiger partial charge on any atom is 0.163 e. The molecule has 2 rings (SSSR count). The van der Waals surface area contributed by atoms with E-state index in [0.717, 1.165) is 11.5 Å². The first-order valence-electron chi connectivity index (χ1n) is 5.91. The Hall–Kier alpha value is 0.540. The van der Waals surface area contributed by atoms with Gasteiger partial charge in [0.2, 0.25) is 0 Å². The van der Waals surface area contributed by atoms with Crippen LogP contribution in [-0.2, 0) is 9.47 Å². The molecule has 0 amide bonds. The zero-order chi connectivity index (χ0) is 12.5. The van der Waals surface area contributed by atoms with Crippen molar-refractivity contribution in [1.82, 2.24) is 0 Å². The first-order valence-corrected chi connectivity index (χ1v) is 8.00. The van der Waals surface area contributed by atoms with Gasteiger partial charge in [-0.25, -0.2) is 0 Å². The van der Waals surface area contributed by atoms with Crippen molar-refractivity contribution < 1.29 is 19.7 Å². The van der Waals surface area contributed by atoms with Gasteiger partial charge in [0.15, 0.2) is 5.79 Å². The molecule has 3 atom stereocenters. The van der Waals surface area contributed by atoms with Crippen LogP contribution in [0.3, 0.4) is 0 Å². The van der Waals surface area contributed by atoms with E-state index in [-0.39, 0.29) is 4.58 Å². The van der Waals surface area contributed by atoms with Gasteiger partial charge in [-0.1, -0.05) is 0 Å². The van der Waals surface area contributed by atoms with Gasteiger partial charge < -0.3 is 19.7 Å². The normalized spacial score (nSPS) is 33.5. The molecule has 2 N–H and O–H groups in total. The molecule has 6 heteroatoms. The minimum Gasteiger partial charge on any atom is -0.388 e. The largest absolute Gasteiger partial charge is 0.388 e. The summed E-state index contributed by atoms with van der Waals surface area (Å²) < 4.78 is 11.0. The first kappa shape index (κ1) is 14.0. The molecule has 2 heterocycles. The number of hydrogen-bond donors (Lipinski definition) is 2. The Labute approximate surface area is 110 Å². The molecule has 0 bridgehead atoms. The molecule has 2 aliphatic heterocycles. The van der Waals surface area contributed by atoms with E-state index in [1.54, 1.807) is 23.5 Å². The van der Waals surface area contributed by atoms with Crippen molar-refractivity contribution in [2.24, 2.45) is 0 Å². The molecule has 17 heavy (non-hydrogen) atoms. The molecule has 0 unspecified atom stereocenters. The molecule has 0 aromatic heterocycles. The summed E-state index contributed by atoms with van der Waals surface area (Å²) in [5, 5.41) is 20.3. The predicted octanol–water partition coefficient (Wildman–Crippen LogP) is 1.06. The van der Waals surface area contributed by atoms with Gasteiger partial charge in [-0.3, -0.25) is 0 Å². The van der Waals surface area contributed by atoms with Gasteiger partial charge in [0, 0.05) is 0 Å². The number of ether oxygens (including phenoxy) is 2. The molecule has 2 aliphatic rings. The molecular formula is C11H20O4S2. The third kappa shape index (κ3) is 3.52. The lowest BCUT2D eigenvalue weighted by atomic mass is 10.1. The van der Waals surface area contributed by atoms with Crippen LogP contribution in [0.5, 0.6) is 0 Å². The summed E-state index contributed by atoms with van der Waals surface area (Å²) in [6.07, 6.45) is -0.888. The van der Waals surface area contributed by atoms with Crippen molar-refractivity contribution in [2.45, 2.75) is 48.9 Å². The van der Waals surface area contributed by atoms with Crippen molar-refractivity contribution in [1.29, 1.82) is 0 Å². The van der Waals surface area contributed by atoms with E-state index in [1.807, 2.05) is 13.8 Å². The van der Waals surface area contributed by atoms with Crippen LogP contribution in [-0.4, -0.2) is 57.0 Å². The van der Waals surface area contributed by atoms with Gasteiger partial charge >= 0.3 is 0 Å². The Morgan fingerprint density at radius 3 is 2.35 bits per heavy atom. The molecule has 2 fully saturated rings. The smallest absolute Gasteiger partial charge is 0.163 e. The maximum absolute atomic E-state index is 10.1. The van der Waals surface area contributed by atoms with Gasteiger partial charge in [0.05, 0.1) is 11.2 Å². The Bertz CT molecular complexity index is 256. The summed E-state index contributed by atoms with van der Waals surface area (Å²) >= 11 is 3.43. The average Bonchev–Trinajstić information content (AvgIpc) is 2.69. The summed E-state index contributed by atoms with van der Waals surface area (Å²) in [5.74, 6) is 1.45. The minimum absolute atomic E-state index is 0.0473. The number of rotatable bonds is 3. The standard InChI is InChI=1S/C11H20O4S2/c1-11(2)14-6-7(15-11)8(12)9(13)10-16-4-3-5-17-10/h7-10,12-13H,3-6H2,1-2H3/t7-,8-,9+/m1/s1. The summed E-state index contributed by atoms with van der Waals surface area (Å²) in [5.41, 5.74) is 0. The van der Waals surface area contributed by atoms with E-state index in [4.69, 9.17) is 9.47 Å². The molecule has 100 valence electrons. The minimum atomic E-state index is -0.875. The van der Waals surface area contributed by atoms with E-state index in [9.17, 15) is 10.2 Å². The van der Waals surface area contributed by atoms with Gasteiger partial charge in [-0.05, 0) is 31.8 Å². The fourth-order valence-electron chi connectivity index (χ4n) is 1.97. The lowest BCUT2D eigenvalue weighted by molar-refractivity contribution is -0.159. The molecule has 0 aromatic carbocycles. The Morgan fingerprint density at radius 2 is 1.82 bits per heavy atom. The molecule has 2 saturated heterocycles. The monoisotopic (exact) mass is 280 g/mol. The molecule has 4 nitrogen and oxygen atoms in total. The first-order chi connectivity index (χ1) is 7.99. The number of aliphatic hydroxyl groups excluding tert-OH is 2. The van der Waals surface area contributed by atoms with Crippen molar-refractivity contribution in [2.75, 3.05) is 18.1 Å². The van der Waals surface area contributed by atoms with Crippen molar-refractivity contribution in [3.05, 3.63) is 0 Å². The van der Waals surface area contributed by atoms with Crippen LogP contribution in [0.4, 0.5) is 0 Å². The highest BCUT2D eigenvalue weighted by molar-refractivity contribution is 8.17. The predicted molar refractivity (Wildman–Crippen MR) is 70.2 cm³/mol. The van der Waals surface area contributed by atoms with E-state index < -0.39 is 24.1 Å². The average molecular weight is 280 g/mol. The highest BCUT2D eigenvalue weighted by atomic mass is 32.2. The lowest BCUT2D eigenvalue weighted by Crippen LogP contribution is -2.44. The van der Waals surface area contributed by atoms with Gasteiger partial charge in [0.1, 0.15) is 18.3 Å². The lowest BCUT2D eigenvalue weighted by Gasteiger charge is -2.31. The van der Waals surface area contributed by atoms with Crippen molar-refractivity contribution in [3.63, 3.8) is 0 Å². The van der Waals surface area contributed by atoms with Crippen LogP contribution >= 0.6 is 23.5 Å². The Morgan fingerprint density at radius 1 is 1.18 bits per heavy atom. The fraction of sp³-hybridized carbons (Fsp3) is 1.00. The third-order valence-corrected chi connectivity index (χ3v) is 5.97. The van der Waals surface area contributed by atoms with Crippen LogP contribution < -0.4 is 0 Å². The second-order valence-electron chi connectivity index (χ2n) is 4.81. The summed E-state index contributed by atoms with van der Waals surface area (Å²) in [6.45, 7) is 3.97. The van der Waals surface area contributed by atoms with Gasteiger partial charge in [-0.2, -0.15) is 0 Å². The van der Waals surface area contributed by atoms with Crippen molar-refractivity contribution >= 4 is 23.5 Å². The second kappa shape index (κ2) is 5.67. The van der Waals surface area contributed by atoms with Gasteiger partial charge in [0.25, 0.3) is 0 Å². The maximum atomic E-state index is 10.1. The topological polar surface area (TPSA) is 58.9 Å². The summed E-state index contributed by atoms with van der Waals surface area (Å²) in [7, 11) is 0. The molecule has 0 radical (unpaired) electrons. The SMILES string of the molecule is CC1(C)OC[C@H]([C@@H](O)[C@H](O)C2SCCCS2)O1. The van der Waals surface area contributed by atoms with Crippen LogP contribution in [0, 0.1) is 0 Å². The third-order valence-electron chi connectivity index (χ3n) is 2.89. The van der Waals surface area contributed by atoms with E-state index in [2.05, 4.69) is 0 Å². The highest BCUT2D eigenvalue weighted by Crippen LogP contribution is 2.36. The number of thioether (sulfide) groups is 2. The van der Waals surface area contributed by atoms with Crippen LogP contribution in [0.1, 0.15) is 20.3 Å². The summed E-state index contributed by atoms with van der Waals surface area (Å²) in [6, 6.07) is 0. The molecule has 0 aliphatic carbocycles. The molecule has 0 saturated carbocycles. The fourth-order valence-corrected chi connectivity index (χ4v) is 4.92. The highest BCUT2D eigenvalue weighted by Gasteiger charge is 2.41. The van der Waals surface area contributed by atoms with Gasteiger partial charge in [-0.15, -0.1) is 23.5 Å². The molecule has 0 aromatic rings. The van der Waals surface area contributed by atoms with E-state index in [0.29, 0.717) is 6.61 Å². The Balaban J connectivity index is 1.88. The Kier molecular flexibility index (Phi) is 4.66. The van der Waals surface area contributed by atoms with E-state index in [1.165, 1.54) is 6.42 Å². The van der Waals surface area contributed by atoms with Crippen LogP contribution in [0.25, 0.3) is 0 Å². The van der Waals surface area contributed by atoms with E-state index >= 15 is 0 Å². The number of aliphatic hydroxyl groups is 2. The van der Waals surface area contributed by atoms with Crippen LogP contribution in [0.15, 0.2) is 0 Å². The molecular weight excluding hydrogens is 260 g/mol. The second-order valence-corrected chi connectivity index (χ2v) is 7.61. The summed E-state index contributed by atoms with van der Waals surface area (Å²) in [4.78, 5) is 0. The molecule has 0 spiro atoms.